The van der Waals surface area contributed by atoms with Crippen LogP contribution in [0.4, 0.5) is 0 Å². The molecule has 0 amide bonds. The normalized spacial score (nSPS) is 18.9. The zero-order chi connectivity index (χ0) is 13.8. The van der Waals surface area contributed by atoms with Gasteiger partial charge in [-0.2, -0.15) is 0 Å². The molecule has 20 heavy (non-hydrogen) atoms. The monoisotopic (exact) mass is 307 g/mol. The van der Waals surface area contributed by atoms with Crippen molar-refractivity contribution >= 4 is 22.7 Å². The van der Waals surface area contributed by atoms with Crippen molar-refractivity contribution in [2.45, 2.75) is 38.3 Å². The lowest BCUT2D eigenvalue weighted by molar-refractivity contribution is 0.276. The van der Waals surface area contributed by atoms with Crippen LogP contribution in [0, 0.1) is 0 Å². The maximum atomic E-state index is 6.27. The van der Waals surface area contributed by atoms with Gasteiger partial charge in [-0.05, 0) is 37.4 Å². The van der Waals surface area contributed by atoms with Crippen LogP contribution in [-0.2, 0) is 6.54 Å². The summed E-state index contributed by atoms with van der Waals surface area (Å²) < 4.78 is 0. The Hall–Kier alpha value is -0.750. The van der Waals surface area contributed by atoms with Crippen molar-refractivity contribution < 1.29 is 0 Å². The fraction of sp³-hybridized carbons (Fsp3) is 0.533. The Balaban J connectivity index is 1.64. The summed E-state index contributed by atoms with van der Waals surface area (Å²) in [4.78, 5) is 8.47. The minimum Gasteiger partial charge on any atom is -0.318 e. The van der Waals surface area contributed by atoms with Crippen LogP contribution in [0.2, 0.25) is 0 Å². The van der Waals surface area contributed by atoms with Gasteiger partial charge in [0.25, 0.3) is 0 Å². The van der Waals surface area contributed by atoms with Gasteiger partial charge in [0.15, 0.2) is 0 Å². The van der Waals surface area contributed by atoms with Crippen LogP contribution in [0.1, 0.15) is 47.3 Å². The molecule has 1 aliphatic rings. The van der Waals surface area contributed by atoms with E-state index in [0.717, 1.165) is 12.2 Å². The number of hydrogen-bond donors (Lipinski definition) is 1. The summed E-state index contributed by atoms with van der Waals surface area (Å²) in [6.07, 6.45) is 5.41. The zero-order valence-electron chi connectivity index (χ0n) is 11.6. The number of likely N-dealkylation sites (tertiary alicyclic amines) is 1. The van der Waals surface area contributed by atoms with Gasteiger partial charge in [-0.25, -0.2) is 4.98 Å². The number of thiophene rings is 1. The highest BCUT2D eigenvalue weighted by atomic mass is 32.1. The van der Waals surface area contributed by atoms with Crippen LogP contribution in [-0.4, -0.2) is 23.0 Å². The number of thiazole rings is 1. The van der Waals surface area contributed by atoms with Gasteiger partial charge in [0.1, 0.15) is 5.01 Å². The minimum absolute atomic E-state index is 0.0656. The molecule has 3 rings (SSSR count). The molecule has 5 heteroatoms. The molecule has 1 fully saturated rings. The molecule has 0 radical (unpaired) electrons. The Labute approximate surface area is 128 Å². The van der Waals surface area contributed by atoms with Crippen molar-refractivity contribution in [1.82, 2.24) is 9.88 Å². The molecule has 0 aliphatic carbocycles. The van der Waals surface area contributed by atoms with Gasteiger partial charge in [-0.1, -0.05) is 18.9 Å². The average molecular weight is 307 g/mol. The summed E-state index contributed by atoms with van der Waals surface area (Å²) in [5.41, 5.74) is 7.29. The third-order valence-corrected chi connectivity index (χ3v) is 5.60. The number of hydrogen-bond acceptors (Lipinski definition) is 5. The van der Waals surface area contributed by atoms with Crippen molar-refractivity contribution in [2.24, 2.45) is 5.73 Å². The van der Waals surface area contributed by atoms with Crippen LogP contribution in [0.25, 0.3) is 0 Å². The first kappa shape index (κ1) is 14.2. The molecular weight excluding hydrogens is 286 g/mol. The van der Waals surface area contributed by atoms with E-state index in [1.54, 1.807) is 22.7 Å². The van der Waals surface area contributed by atoms with E-state index >= 15 is 0 Å². The second-order valence-corrected chi connectivity index (χ2v) is 7.27. The second-order valence-electron chi connectivity index (χ2n) is 5.35. The third-order valence-electron chi connectivity index (χ3n) is 3.80. The van der Waals surface area contributed by atoms with E-state index < -0.39 is 0 Å². The summed E-state index contributed by atoms with van der Waals surface area (Å²) in [6.45, 7) is 3.42. The second kappa shape index (κ2) is 6.80. The molecule has 0 spiro atoms. The Morgan fingerprint density at radius 3 is 2.70 bits per heavy atom. The standard InChI is InChI=1S/C15H21N3S2/c16-15(13-6-5-9-19-13)12-11-20-14(17-12)10-18-7-3-1-2-4-8-18/h5-6,9,11,15H,1-4,7-8,10,16H2. The molecular formula is C15H21N3S2. The van der Waals surface area contributed by atoms with Gasteiger partial charge >= 0.3 is 0 Å². The molecule has 2 aromatic heterocycles. The maximum Gasteiger partial charge on any atom is 0.107 e. The lowest BCUT2D eigenvalue weighted by Crippen LogP contribution is -2.24. The van der Waals surface area contributed by atoms with Crippen LogP contribution in [0.15, 0.2) is 22.9 Å². The summed E-state index contributed by atoms with van der Waals surface area (Å²) in [5.74, 6) is 0. The van der Waals surface area contributed by atoms with E-state index in [-0.39, 0.29) is 6.04 Å². The fourth-order valence-corrected chi connectivity index (χ4v) is 4.25. The van der Waals surface area contributed by atoms with E-state index in [1.807, 2.05) is 6.07 Å². The molecule has 108 valence electrons. The zero-order valence-corrected chi connectivity index (χ0v) is 13.3. The first-order valence-corrected chi connectivity index (χ1v) is 9.04. The summed E-state index contributed by atoms with van der Waals surface area (Å²) in [6, 6.07) is 4.07. The molecule has 0 aromatic carbocycles. The first-order valence-electron chi connectivity index (χ1n) is 7.28. The van der Waals surface area contributed by atoms with Crippen molar-refractivity contribution in [1.29, 1.82) is 0 Å². The van der Waals surface area contributed by atoms with Crippen LogP contribution in [0.5, 0.6) is 0 Å². The predicted octanol–water partition coefficient (Wildman–Crippen LogP) is 3.63. The lowest BCUT2D eigenvalue weighted by atomic mass is 10.2. The Morgan fingerprint density at radius 1 is 1.20 bits per heavy atom. The summed E-state index contributed by atoms with van der Waals surface area (Å²) in [7, 11) is 0. The topological polar surface area (TPSA) is 42.1 Å². The molecule has 1 aliphatic heterocycles. The number of rotatable bonds is 4. The highest BCUT2D eigenvalue weighted by molar-refractivity contribution is 7.10. The summed E-state index contributed by atoms with van der Waals surface area (Å²) >= 11 is 3.45. The van der Waals surface area contributed by atoms with E-state index in [2.05, 4.69) is 21.7 Å². The molecule has 2 N–H and O–H groups in total. The van der Waals surface area contributed by atoms with Gasteiger partial charge < -0.3 is 5.73 Å². The smallest absolute Gasteiger partial charge is 0.107 e. The van der Waals surface area contributed by atoms with Crippen molar-refractivity contribution in [3.8, 4) is 0 Å². The number of nitrogens with zero attached hydrogens (tertiary/aromatic N) is 2. The van der Waals surface area contributed by atoms with Crippen LogP contribution >= 0.6 is 22.7 Å². The lowest BCUT2D eigenvalue weighted by Gasteiger charge is -2.17. The largest absolute Gasteiger partial charge is 0.318 e. The molecule has 0 saturated carbocycles. The number of nitrogens with two attached hydrogens (primary N) is 1. The van der Waals surface area contributed by atoms with Crippen molar-refractivity contribution in [3.05, 3.63) is 38.5 Å². The van der Waals surface area contributed by atoms with Gasteiger partial charge in [-0.3, -0.25) is 4.90 Å². The highest BCUT2D eigenvalue weighted by Gasteiger charge is 2.16. The molecule has 0 bridgehead atoms. The highest BCUT2D eigenvalue weighted by Crippen LogP contribution is 2.25. The third kappa shape index (κ3) is 3.47. The van der Waals surface area contributed by atoms with E-state index in [0.29, 0.717) is 0 Å². The molecule has 1 saturated heterocycles. The SMILES string of the molecule is NC(c1csc(CN2CCCCCC2)n1)c1cccs1. The maximum absolute atomic E-state index is 6.27. The summed E-state index contributed by atoms with van der Waals surface area (Å²) in [5, 5.41) is 5.39. The van der Waals surface area contributed by atoms with Gasteiger partial charge in [0, 0.05) is 10.3 Å². The Morgan fingerprint density at radius 2 is 2.00 bits per heavy atom. The minimum atomic E-state index is -0.0656. The van der Waals surface area contributed by atoms with Gasteiger partial charge in [0.2, 0.25) is 0 Å². The van der Waals surface area contributed by atoms with Crippen molar-refractivity contribution in [2.75, 3.05) is 13.1 Å². The molecule has 3 nitrogen and oxygen atoms in total. The molecule has 1 atom stereocenters. The van der Waals surface area contributed by atoms with E-state index in [9.17, 15) is 0 Å². The van der Waals surface area contributed by atoms with Gasteiger partial charge in [-0.15, -0.1) is 22.7 Å². The molecule has 1 unspecified atom stereocenters. The van der Waals surface area contributed by atoms with E-state index in [4.69, 9.17) is 10.7 Å². The Bertz CT molecular complexity index is 513. The fourth-order valence-electron chi connectivity index (χ4n) is 2.64. The van der Waals surface area contributed by atoms with E-state index in [1.165, 1.54) is 48.7 Å². The predicted molar refractivity (Wildman–Crippen MR) is 86.2 cm³/mol. The number of aromatic nitrogens is 1. The van der Waals surface area contributed by atoms with Crippen molar-refractivity contribution in [3.63, 3.8) is 0 Å². The first-order chi connectivity index (χ1) is 9.83. The van der Waals surface area contributed by atoms with Gasteiger partial charge in [0.05, 0.1) is 18.3 Å². The average Bonchev–Trinajstić information content (AvgIpc) is 3.07. The molecule has 3 heterocycles. The quantitative estimate of drug-likeness (QED) is 0.938. The van der Waals surface area contributed by atoms with Crippen LogP contribution in [0.3, 0.4) is 0 Å². The van der Waals surface area contributed by atoms with Crippen LogP contribution < -0.4 is 5.73 Å². The Kier molecular flexibility index (Phi) is 4.83. The molecule has 2 aromatic rings.